The largest absolute Gasteiger partial charge is 0.388 e. The zero-order valence-electron chi connectivity index (χ0n) is 9.33. The summed E-state index contributed by atoms with van der Waals surface area (Å²) in [4.78, 5) is 10.8. The highest BCUT2D eigenvalue weighted by Crippen LogP contribution is 2.21. The molecule has 0 aromatic rings. The molecule has 0 aromatic carbocycles. The summed E-state index contributed by atoms with van der Waals surface area (Å²) >= 11 is 0. The minimum absolute atomic E-state index is 0.0474. The van der Waals surface area contributed by atoms with Crippen LogP contribution in [-0.4, -0.2) is 53.7 Å². The van der Waals surface area contributed by atoms with Crippen LogP contribution in [0.15, 0.2) is 0 Å². The second kappa shape index (κ2) is 6.15. The van der Waals surface area contributed by atoms with Gasteiger partial charge in [0.2, 0.25) is 5.91 Å². The van der Waals surface area contributed by atoms with E-state index in [0.717, 1.165) is 12.8 Å². The molecule has 1 fully saturated rings. The standard InChI is InChI=1S/C10H19NO5/c1-2-3-4-15-8-6(12)5-16-9(8)7(13)10(11)14/h6-9,12-13H,2-5H2,1H3,(H2,11,14)/t6?,7-,8?,9-/m1/s1. The van der Waals surface area contributed by atoms with Gasteiger partial charge in [0.25, 0.3) is 0 Å². The molecule has 1 amide bonds. The lowest BCUT2D eigenvalue weighted by Gasteiger charge is -2.23. The van der Waals surface area contributed by atoms with Gasteiger partial charge in [0, 0.05) is 6.61 Å². The van der Waals surface area contributed by atoms with Gasteiger partial charge < -0.3 is 25.4 Å². The summed E-state index contributed by atoms with van der Waals surface area (Å²) < 4.78 is 10.5. The molecular formula is C10H19NO5. The summed E-state index contributed by atoms with van der Waals surface area (Å²) in [7, 11) is 0. The van der Waals surface area contributed by atoms with Gasteiger partial charge in [-0.1, -0.05) is 13.3 Å². The molecule has 6 nitrogen and oxygen atoms in total. The summed E-state index contributed by atoms with van der Waals surface area (Å²) in [6, 6.07) is 0. The van der Waals surface area contributed by atoms with Gasteiger partial charge in [-0.25, -0.2) is 0 Å². The average Bonchev–Trinajstić information content (AvgIpc) is 2.60. The number of hydrogen-bond acceptors (Lipinski definition) is 5. The summed E-state index contributed by atoms with van der Waals surface area (Å²) in [5.74, 6) is -0.872. The maximum absolute atomic E-state index is 10.8. The lowest BCUT2D eigenvalue weighted by Crippen LogP contribution is -2.46. The molecule has 1 aliphatic rings. The average molecular weight is 233 g/mol. The predicted octanol–water partition coefficient (Wildman–Crippen LogP) is -1.22. The number of hydrogen-bond donors (Lipinski definition) is 3. The molecule has 1 rings (SSSR count). The van der Waals surface area contributed by atoms with Crippen LogP contribution in [0.2, 0.25) is 0 Å². The fraction of sp³-hybridized carbons (Fsp3) is 0.900. The smallest absolute Gasteiger partial charge is 0.249 e. The minimum Gasteiger partial charge on any atom is -0.388 e. The topological polar surface area (TPSA) is 102 Å². The Hall–Kier alpha value is -0.690. The van der Waals surface area contributed by atoms with E-state index in [2.05, 4.69) is 0 Å². The molecule has 4 N–H and O–H groups in total. The SMILES string of the molecule is CCCCOC1C(O)CO[C@@H]1[C@@H](O)C(N)=O. The first-order chi connectivity index (χ1) is 7.57. The number of rotatable bonds is 6. The monoisotopic (exact) mass is 233 g/mol. The molecule has 1 aliphatic heterocycles. The molecule has 1 saturated heterocycles. The maximum atomic E-state index is 10.8. The Balaban J connectivity index is 2.52. The third kappa shape index (κ3) is 3.15. The number of unbranched alkanes of at least 4 members (excludes halogenated alkanes) is 1. The van der Waals surface area contributed by atoms with Crippen LogP contribution >= 0.6 is 0 Å². The predicted molar refractivity (Wildman–Crippen MR) is 55.6 cm³/mol. The van der Waals surface area contributed by atoms with E-state index in [1.54, 1.807) is 0 Å². The van der Waals surface area contributed by atoms with E-state index in [-0.39, 0.29) is 6.61 Å². The van der Waals surface area contributed by atoms with E-state index in [1.165, 1.54) is 0 Å². The number of carbonyl (C=O) groups excluding carboxylic acids is 1. The van der Waals surface area contributed by atoms with Gasteiger partial charge in [-0.3, -0.25) is 4.79 Å². The lowest BCUT2D eigenvalue weighted by molar-refractivity contribution is -0.139. The van der Waals surface area contributed by atoms with Crippen LogP contribution < -0.4 is 5.73 Å². The van der Waals surface area contributed by atoms with Crippen LogP contribution in [-0.2, 0) is 14.3 Å². The number of carbonyl (C=O) groups is 1. The van der Waals surface area contributed by atoms with Gasteiger partial charge in [0.05, 0.1) is 6.61 Å². The maximum Gasteiger partial charge on any atom is 0.249 e. The van der Waals surface area contributed by atoms with Crippen LogP contribution in [0, 0.1) is 0 Å². The number of aliphatic hydroxyl groups is 2. The highest BCUT2D eigenvalue weighted by molar-refractivity contribution is 5.79. The molecular weight excluding hydrogens is 214 g/mol. The zero-order chi connectivity index (χ0) is 12.1. The quantitative estimate of drug-likeness (QED) is 0.499. The van der Waals surface area contributed by atoms with E-state index in [0.29, 0.717) is 6.61 Å². The van der Waals surface area contributed by atoms with E-state index in [1.807, 2.05) is 6.92 Å². The third-order valence-electron chi connectivity index (χ3n) is 2.57. The van der Waals surface area contributed by atoms with Crippen LogP contribution in [0.1, 0.15) is 19.8 Å². The molecule has 16 heavy (non-hydrogen) atoms. The first-order valence-electron chi connectivity index (χ1n) is 5.46. The van der Waals surface area contributed by atoms with Crippen LogP contribution in [0.4, 0.5) is 0 Å². The molecule has 2 unspecified atom stereocenters. The summed E-state index contributed by atoms with van der Waals surface area (Å²) in [5, 5.41) is 19.1. The zero-order valence-corrected chi connectivity index (χ0v) is 9.33. The first kappa shape index (κ1) is 13.4. The van der Waals surface area contributed by atoms with Crippen molar-refractivity contribution in [1.82, 2.24) is 0 Å². The van der Waals surface area contributed by atoms with Crippen molar-refractivity contribution in [3.05, 3.63) is 0 Å². The number of primary amides is 1. The molecule has 0 aromatic heterocycles. The van der Waals surface area contributed by atoms with Crippen molar-refractivity contribution in [1.29, 1.82) is 0 Å². The molecule has 4 atom stereocenters. The van der Waals surface area contributed by atoms with E-state index in [9.17, 15) is 15.0 Å². The van der Waals surface area contributed by atoms with Gasteiger partial charge in [-0.05, 0) is 6.42 Å². The molecule has 0 spiro atoms. The summed E-state index contributed by atoms with van der Waals surface area (Å²) in [6.45, 7) is 2.52. The van der Waals surface area contributed by atoms with Crippen molar-refractivity contribution in [3.63, 3.8) is 0 Å². The highest BCUT2D eigenvalue weighted by atomic mass is 16.6. The third-order valence-corrected chi connectivity index (χ3v) is 2.57. The van der Waals surface area contributed by atoms with Gasteiger partial charge in [-0.15, -0.1) is 0 Å². The van der Waals surface area contributed by atoms with Crippen LogP contribution in [0.3, 0.4) is 0 Å². The molecule has 6 heteroatoms. The van der Waals surface area contributed by atoms with Crippen LogP contribution in [0.5, 0.6) is 0 Å². The van der Waals surface area contributed by atoms with E-state index in [4.69, 9.17) is 15.2 Å². The fourth-order valence-corrected chi connectivity index (χ4v) is 1.62. The Labute approximate surface area is 94.3 Å². The highest BCUT2D eigenvalue weighted by Gasteiger charge is 2.43. The molecule has 0 radical (unpaired) electrons. The van der Waals surface area contributed by atoms with Crippen molar-refractivity contribution in [2.45, 2.75) is 44.2 Å². The van der Waals surface area contributed by atoms with Crippen molar-refractivity contribution >= 4 is 5.91 Å². The Morgan fingerprint density at radius 1 is 1.69 bits per heavy atom. The normalized spacial score (nSPS) is 31.6. The number of nitrogens with two attached hydrogens (primary N) is 1. The van der Waals surface area contributed by atoms with Gasteiger partial charge in [-0.2, -0.15) is 0 Å². The molecule has 1 heterocycles. The number of aliphatic hydroxyl groups excluding tert-OH is 2. The lowest BCUT2D eigenvalue weighted by atomic mass is 10.1. The van der Waals surface area contributed by atoms with Crippen LogP contribution in [0.25, 0.3) is 0 Å². The van der Waals surface area contributed by atoms with Crippen molar-refractivity contribution in [2.24, 2.45) is 5.73 Å². The van der Waals surface area contributed by atoms with Crippen molar-refractivity contribution in [2.75, 3.05) is 13.2 Å². The van der Waals surface area contributed by atoms with E-state index < -0.39 is 30.3 Å². The first-order valence-corrected chi connectivity index (χ1v) is 5.46. The fourth-order valence-electron chi connectivity index (χ4n) is 1.62. The van der Waals surface area contributed by atoms with Gasteiger partial charge in [0.1, 0.15) is 18.3 Å². The summed E-state index contributed by atoms with van der Waals surface area (Å²) in [6.07, 6.45) is -2.01. The molecule has 94 valence electrons. The molecule has 0 bridgehead atoms. The van der Waals surface area contributed by atoms with Gasteiger partial charge in [0.15, 0.2) is 6.10 Å². The van der Waals surface area contributed by atoms with Crippen molar-refractivity contribution in [3.8, 4) is 0 Å². The van der Waals surface area contributed by atoms with E-state index >= 15 is 0 Å². The Bertz CT molecular complexity index is 235. The molecule has 0 aliphatic carbocycles. The van der Waals surface area contributed by atoms with Crippen molar-refractivity contribution < 1.29 is 24.5 Å². The Kier molecular flexibility index (Phi) is 5.14. The Morgan fingerprint density at radius 2 is 2.38 bits per heavy atom. The Morgan fingerprint density at radius 3 is 2.94 bits per heavy atom. The second-order valence-electron chi connectivity index (χ2n) is 3.90. The van der Waals surface area contributed by atoms with Gasteiger partial charge >= 0.3 is 0 Å². The number of ether oxygens (including phenoxy) is 2. The minimum atomic E-state index is -1.44. The summed E-state index contributed by atoms with van der Waals surface area (Å²) in [5.41, 5.74) is 4.97. The number of amides is 1. The second-order valence-corrected chi connectivity index (χ2v) is 3.90. The molecule has 0 saturated carbocycles.